The second-order valence-corrected chi connectivity index (χ2v) is 8.00. The number of hydrogen-bond donors (Lipinski definition) is 1. The van der Waals surface area contributed by atoms with Gasteiger partial charge in [-0.15, -0.1) is 0 Å². The van der Waals surface area contributed by atoms with Gasteiger partial charge in [-0.25, -0.2) is 9.97 Å². The van der Waals surface area contributed by atoms with Crippen LogP contribution < -0.4 is 10.2 Å². The number of halogens is 3. The molecule has 2 aromatic heterocycles. The molecule has 9 heteroatoms. The van der Waals surface area contributed by atoms with E-state index in [2.05, 4.69) is 15.3 Å². The van der Waals surface area contributed by atoms with Crippen molar-refractivity contribution in [1.29, 1.82) is 0 Å². The highest BCUT2D eigenvalue weighted by atomic mass is 32.1. The van der Waals surface area contributed by atoms with Crippen LogP contribution in [0.4, 0.5) is 24.7 Å². The molecule has 1 aliphatic rings. The summed E-state index contributed by atoms with van der Waals surface area (Å²) >= 11 is 5.54. The lowest BCUT2D eigenvalue weighted by molar-refractivity contribution is -0.140. The van der Waals surface area contributed by atoms with Crippen molar-refractivity contribution in [3.05, 3.63) is 59.4 Å². The SMILES string of the molecule is Cc1cc(C)nc(NC(=S)N2CCN(c3cc(C(F)(F)F)nc4ccccc34)CC2)c1. The highest BCUT2D eigenvalue weighted by Crippen LogP contribution is 2.35. The fraction of sp³-hybridized carbons (Fsp3) is 0.318. The first kappa shape index (κ1) is 21.3. The molecule has 0 amide bonds. The third kappa shape index (κ3) is 4.71. The number of para-hydroxylation sites is 1. The number of aryl methyl sites for hydroxylation is 2. The van der Waals surface area contributed by atoms with E-state index in [0.717, 1.165) is 17.3 Å². The molecule has 0 radical (unpaired) electrons. The van der Waals surface area contributed by atoms with Gasteiger partial charge in [-0.1, -0.05) is 18.2 Å². The highest BCUT2D eigenvalue weighted by molar-refractivity contribution is 7.80. The predicted octanol–water partition coefficient (Wildman–Crippen LogP) is 4.78. The number of nitrogens with one attached hydrogen (secondary N) is 1. The van der Waals surface area contributed by atoms with Crippen molar-refractivity contribution in [2.75, 3.05) is 36.4 Å². The topological polar surface area (TPSA) is 44.3 Å². The summed E-state index contributed by atoms with van der Waals surface area (Å²) in [5, 5.41) is 4.45. The van der Waals surface area contributed by atoms with Crippen molar-refractivity contribution in [3.8, 4) is 0 Å². The lowest BCUT2D eigenvalue weighted by atomic mass is 10.1. The first-order chi connectivity index (χ1) is 14.7. The summed E-state index contributed by atoms with van der Waals surface area (Å²) < 4.78 is 40.1. The molecule has 4 rings (SSSR count). The van der Waals surface area contributed by atoms with E-state index >= 15 is 0 Å². The number of benzene rings is 1. The van der Waals surface area contributed by atoms with Crippen LogP contribution in [0.5, 0.6) is 0 Å². The van der Waals surface area contributed by atoms with E-state index in [9.17, 15) is 13.2 Å². The number of rotatable bonds is 2. The molecule has 31 heavy (non-hydrogen) atoms. The molecule has 3 heterocycles. The van der Waals surface area contributed by atoms with Crippen LogP contribution in [-0.4, -0.2) is 46.2 Å². The molecule has 0 saturated carbocycles. The molecule has 0 aliphatic carbocycles. The van der Waals surface area contributed by atoms with Gasteiger partial charge in [-0.2, -0.15) is 13.2 Å². The summed E-state index contributed by atoms with van der Waals surface area (Å²) in [6.07, 6.45) is -4.50. The Bertz CT molecular complexity index is 1100. The smallest absolute Gasteiger partial charge is 0.367 e. The molecular weight excluding hydrogens is 423 g/mol. The summed E-state index contributed by atoms with van der Waals surface area (Å²) in [6.45, 7) is 6.20. The minimum atomic E-state index is -4.50. The van der Waals surface area contributed by atoms with Gasteiger partial charge in [-0.3, -0.25) is 0 Å². The van der Waals surface area contributed by atoms with Crippen molar-refractivity contribution in [2.24, 2.45) is 0 Å². The normalized spacial score (nSPS) is 14.7. The number of anilines is 2. The van der Waals surface area contributed by atoms with E-state index in [1.165, 1.54) is 0 Å². The number of pyridine rings is 2. The molecule has 0 bridgehead atoms. The van der Waals surface area contributed by atoms with Crippen molar-refractivity contribution in [1.82, 2.24) is 14.9 Å². The number of alkyl halides is 3. The van der Waals surface area contributed by atoms with Gasteiger partial charge in [0.25, 0.3) is 0 Å². The van der Waals surface area contributed by atoms with Crippen LogP contribution in [0.25, 0.3) is 10.9 Å². The molecule has 0 atom stereocenters. The third-order valence-corrected chi connectivity index (χ3v) is 5.59. The molecule has 1 N–H and O–H groups in total. The van der Waals surface area contributed by atoms with Gasteiger partial charge in [0.15, 0.2) is 5.11 Å². The fourth-order valence-electron chi connectivity index (χ4n) is 3.81. The molecule has 162 valence electrons. The lowest BCUT2D eigenvalue weighted by Crippen LogP contribution is -2.50. The number of nitrogens with zero attached hydrogens (tertiary/aromatic N) is 4. The van der Waals surface area contributed by atoms with Crippen LogP contribution in [0.3, 0.4) is 0 Å². The van der Waals surface area contributed by atoms with E-state index in [1.807, 2.05) is 47.9 Å². The third-order valence-electron chi connectivity index (χ3n) is 5.23. The van der Waals surface area contributed by atoms with Gasteiger partial charge in [0.2, 0.25) is 0 Å². The minimum Gasteiger partial charge on any atom is -0.367 e. The Hall–Kier alpha value is -2.94. The lowest BCUT2D eigenvalue weighted by Gasteiger charge is -2.38. The van der Waals surface area contributed by atoms with Crippen molar-refractivity contribution < 1.29 is 13.2 Å². The van der Waals surface area contributed by atoms with E-state index in [-0.39, 0.29) is 0 Å². The zero-order chi connectivity index (χ0) is 22.2. The standard InChI is InChI=1S/C22H22F3N5S/c1-14-11-15(2)26-20(12-14)28-21(31)30-9-7-29(8-10-30)18-13-19(22(23,24)25)27-17-6-4-3-5-16(17)18/h3-6,11-13H,7-10H2,1-2H3,(H,26,28,31). The zero-order valence-electron chi connectivity index (χ0n) is 17.2. The van der Waals surface area contributed by atoms with E-state index in [0.29, 0.717) is 53.7 Å². The molecule has 1 aliphatic heterocycles. The molecular formula is C22H22F3N5S. The van der Waals surface area contributed by atoms with Gasteiger partial charge in [0.05, 0.1) is 5.52 Å². The summed E-state index contributed by atoms with van der Waals surface area (Å²) in [5.74, 6) is 0.694. The number of thiocarbonyl (C=S) groups is 1. The van der Waals surface area contributed by atoms with Gasteiger partial charge in [0, 0.05) is 42.9 Å². The van der Waals surface area contributed by atoms with Gasteiger partial charge >= 0.3 is 6.18 Å². The van der Waals surface area contributed by atoms with E-state index in [1.54, 1.807) is 12.1 Å². The molecule has 5 nitrogen and oxygen atoms in total. The molecule has 0 spiro atoms. The van der Waals surface area contributed by atoms with Gasteiger partial charge in [0.1, 0.15) is 11.5 Å². The first-order valence-electron chi connectivity index (χ1n) is 9.94. The number of fused-ring (bicyclic) bond motifs is 1. The number of hydrogen-bond acceptors (Lipinski definition) is 4. The fourth-order valence-corrected chi connectivity index (χ4v) is 4.10. The Morgan fingerprint density at radius 3 is 2.39 bits per heavy atom. The van der Waals surface area contributed by atoms with Crippen LogP contribution >= 0.6 is 12.2 Å². The Balaban J connectivity index is 1.51. The zero-order valence-corrected chi connectivity index (χ0v) is 18.0. The maximum atomic E-state index is 13.4. The Morgan fingerprint density at radius 2 is 1.71 bits per heavy atom. The average molecular weight is 446 g/mol. The Kier molecular flexibility index (Phi) is 5.70. The predicted molar refractivity (Wildman–Crippen MR) is 120 cm³/mol. The number of piperazine rings is 1. The second-order valence-electron chi connectivity index (χ2n) is 7.62. The maximum Gasteiger partial charge on any atom is 0.433 e. The van der Waals surface area contributed by atoms with Gasteiger partial charge in [-0.05, 0) is 55.9 Å². The molecule has 0 unspecified atom stereocenters. The molecule has 1 fully saturated rings. The summed E-state index contributed by atoms with van der Waals surface area (Å²) in [7, 11) is 0. The number of aromatic nitrogens is 2. The summed E-state index contributed by atoms with van der Waals surface area (Å²) in [4.78, 5) is 12.2. The van der Waals surface area contributed by atoms with Crippen molar-refractivity contribution >= 4 is 39.7 Å². The van der Waals surface area contributed by atoms with E-state index < -0.39 is 11.9 Å². The van der Waals surface area contributed by atoms with E-state index in [4.69, 9.17) is 12.2 Å². The minimum absolute atomic E-state index is 0.341. The van der Waals surface area contributed by atoms with Crippen LogP contribution in [0.1, 0.15) is 17.0 Å². The van der Waals surface area contributed by atoms with Gasteiger partial charge < -0.3 is 15.1 Å². The molecule has 3 aromatic rings. The highest BCUT2D eigenvalue weighted by Gasteiger charge is 2.34. The van der Waals surface area contributed by atoms with Crippen molar-refractivity contribution in [3.63, 3.8) is 0 Å². The quantitative estimate of drug-likeness (QED) is 0.573. The summed E-state index contributed by atoms with van der Waals surface area (Å²) in [5.41, 5.74) is 2.01. The summed E-state index contributed by atoms with van der Waals surface area (Å²) in [6, 6.07) is 12.0. The Morgan fingerprint density at radius 1 is 1.00 bits per heavy atom. The van der Waals surface area contributed by atoms with Crippen LogP contribution in [0.15, 0.2) is 42.5 Å². The maximum absolute atomic E-state index is 13.4. The second kappa shape index (κ2) is 8.30. The van der Waals surface area contributed by atoms with Crippen LogP contribution in [-0.2, 0) is 6.18 Å². The van der Waals surface area contributed by atoms with Crippen LogP contribution in [0.2, 0.25) is 0 Å². The Labute approximate surface area is 183 Å². The molecule has 1 saturated heterocycles. The molecule has 1 aromatic carbocycles. The van der Waals surface area contributed by atoms with Crippen molar-refractivity contribution in [2.45, 2.75) is 20.0 Å². The average Bonchev–Trinajstić information content (AvgIpc) is 2.71. The van der Waals surface area contributed by atoms with Crippen LogP contribution in [0, 0.1) is 13.8 Å². The first-order valence-corrected chi connectivity index (χ1v) is 10.3. The monoisotopic (exact) mass is 445 g/mol. The largest absolute Gasteiger partial charge is 0.433 e.